The normalized spacial score (nSPS) is 10.1. The number of amides is 1. The maximum atomic E-state index is 12.0. The van der Waals surface area contributed by atoms with Crippen LogP contribution in [0.1, 0.15) is 24.2 Å². The molecule has 9 nitrogen and oxygen atoms in total. The highest BCUT2D eigenvalue weighted by molar-refractivity contribution is 6.46. The third-order valence-electron chi connectivity index (χ3n) is 2.95. The molecule has 0 unspecified atom stereocenters. The van der Waals surface area contributed by atoms with E-state index in [2.05, 4.69) is 4.98 Å². The molecule has 0 bridgehead atoms. The largest absolute Gasteiger partial charge is 0.504 e. The molecule has 1 amide bonds. The molecule has 126 valence electrons. The van der Waals surface area contributed by atoms with Gasteiger partial charge in [-0.3, -0.25) is 9.59 Å². The maximum Gasteiger partial charge on any atom is 0.294 e. The summed E-state index contributed by atoms with van der Waals surface area (Å²) in [5, 5.41) is 47.6. The Bertz CT molecular complexity index is 778. The number of carbonyl (C=O) groups is 2. The van der Waals surface area contributed by atoms with Crippen molar-refractivity contribution in [2.24, 2.45) is 0 Å². The van der Waals surface area contributed by atoms with Crippen molar-refractivity contribution in [2.75, 3.05) is 14.1 Å². The quantitative estimate of drug-likeness (QED) is 0.208. The van der Waals surface area contributed by atoms with Gasteiger partial charge in [-0.05, 0) is 0 Å². The van der Waals surface area contributed by atoms with Gasteiger partial charge in [0.1, 0.15) is 5.56 Å². The molecule has 0 aliphatic heterocycles. The number of ketones is 1. The first-order valence-electron chi connectivity index (χ1n) is 6.64. The van der Waals surface area contributed by atoms with Gasteiger partial charge in [0, 0.05) is 14.1 Å². The topological polar surface area (TPSA) is 154 Å². The zero-order chi connectivity index (χ0) is 18.1. The summed E-state index contributed by atoms with van der Waals surface area (Å²) in [5.41, 5.74) is -1.01. The molecule has 0 saturated carbocycles. The van der Waals surface area contributed by atoms with Crippen LogP contribution in [-0.4, -0.2) is 61.2 Å². The number of aromatic amines is 1. The van der Waals surface area contributed by atoms with Crippen LogP contribution in [0.5, 0.6) is 28.9 Å². The molecule has 2 aromatic rings. The highest BCUT2D eigenvalue weighted by atomic mass is 16.3. The number of rotatable bonds is 2. The van der Waals surface area contributed by atoms with Gasteiger partial charge in [0.25, 0.3) is 11.7 Å². The van der Waals surface area contributed by atoms with E-state index >= 15 is 0 Å². The van der Waals surface area contributed by atoms with Gasteiger partial charge in [-0.2, -0.15) is 0 Å². The highest BCUT2D eigenvalue weighted by Gasteiger charge is 2.31. The minimum atomic E-state index is -1.16. The van der Waals surface area contributed by atoms with Crippen molar-refractivity contribution < 1.29 is 35.1 Å². The lowest BCUT2D eigenvalue weighted by molar-refractivity contribution is -0.124. The average Bonchev–Trinajstić information content (AvgIpc) is 2.88. The first kappa shape index (κ1) is 18.0. The SMILES string of the molecule is CC.CN(C)C(=O)C(=O)c1c(O)[nH]c2c(O)c(O)c(O)c(O)c12. The number of H-pyrrole nitrogens is 1. The molecular formula is C14H18N2O7. The Morgan fingerprint density at radius 3 is 1.83 bits per heavy atom. The van der Waals surface area contributed by atoms with Crippen LogP contribution >= 0.6 is 0 Å². The van der Waals surface area contributed by atoms with Crippen LogP contribution in [0.25, 0.3) is 10.9 Å². The van der Waals surface area contributed by atoms with Gasteiger partial charge in [0.05, 0.1) is 10.9 Å². The molecule has 23 heavy (non-hydrogen) atoms. The predicted molar refractivity (Wildman–Crippen MR) is 81.0 cm³/mol. The smallest absolute Gasteiger partial charge is 0.294 e. The van der Waals surface area contributed by atoms with Crippen molar-refractivity contribution in [2.45, 2.75) is 13.8 Å². The Hall–Kier alpha value is -3.10. The Morgan fingerprint density at radius 2 is 1.35 bits per heavy atom. The number of hydrogen-bond acceptors (Lipinski definition) is 7. The maximum absolute atomic E-state index is 12.0. The number of aromatic hydroxyl groups is 5. The lowest BCUT2D eigenvalue weighted by atomic mass is 10.1. The van der Waals surface area contributed by atoms with E-state index in [1.54, 1.807) is 0 Å². The number of nitrogens with zero attached hydrogens (tertiary/aromatic N) is 1. The van der Waals surface area contributed by atoms with Gasteiger partial charge in [0.2, 0.25) is 17.4 Å². The molecule has 2 rings (SSSR count). The van der Waals surface area contributed by atoms with E-state index < -0.39 is 57.0 Å². The third kappa shape index (κ3) is 2.68. The number of fused-ring (bicyclic) bond motifs is 1. The van der Waals surface area contributed by atoms with E-state index in [0.29, 0.717) is 0 Å². The standard InChI is InChI=1S/C12H12N2O7.C2H6/c1-14(2)12(21)7(16)4-3-5(13-11(4)20)8(17)10(19)9(18)6(3)15;1-2/h13,15,17-20H,1-2H3;1-2H3. The minimum Gasteiger partial charge on any atom is -0.504 e. The lowest BCUT2D eigenvalue weighted by Gasteiger charge is -2.09. The predicted octanol–water partition coefficient (Wildman–Crippen LogP) is 0.993. The number of phenols is 4. The molecule has 1 aromatic heterocycles. The second-order valence-electron chi connectivity index (χ2n) is 4.52. The fourth-order valence-corrected chi connectivity index (χ4v) is 1.89. The van der Waals surface area contributed by atoms with Crippen molar-refractivity contribution in [3.63, 3.8) is 0 Å². The molecule has 0 atom stereocenters. The van der Waals surface area contributed by atoms with Gasteiger partial charge in [-0.15, -0.1) is 0 Å². The van der Waals surface area contributed by atoms with Crippen LogP contribution in [0.4, 0.5) is 0 Å². The van der Waals surface area contributed by atoms with Crippen molar-refractivity contribution in [1.82, 2.24) is 9.88 Å². The van der Waals surface area contributed by atoms with E-state index in [-0.39, 0.29) is 0 Å². The van der Waals surface area contributed by atoms with Gasteiger partial charge < -0.3 is 35.4 Å². The Balaban J connectivity index is 0.00000127. The van der Waals surface area contributed by atoms with E-state index in [1.807, 2.05) is 13.8 Å². The molecule has 1 heterocycles. The first-order valence-corrected chi connectivity index (χ1v) is 6.64. The number of benzene rings is 1. The summed E-state index contributed by atoms with van der Waals surface area (Å²) in [6.45, 7) is 4.00. The molecule has 0 radical (unpaired) electrons. The summed E-state index contributed by atoms with van der Waals surface area (Å²) in [4.78, 5) is 26.8. The molecule has 0 aliphatic carbocycles. The number of aromatic nitrogens is 1. The molecule has 0 saturated heterocycles. The van der Waals surface area contributed by atoms with Gasteiger partial charge in [-0.25, -0.2) is 0 Å². The van der Waals surface area contributed by atoms with Gasteiger partial charge in [-0.1, -0.05) is 13.8 Å². The van der Waals surface area contributed by atoms with Crippen LogP contribution < -0.4 is 0 Å². The molecule has 9 heteroatoms. The average molecular weight is 326 g/mol. The molecule has 1 aromatic carbocycles. The first-order chi connectivity index (χ1) is 10.7. The summed E-state index contributed by atoms with van der Waals surface area (Å²) in [6, 6.07) is 0. The van der Waals surface area contributed by atoms with E-state index in [1.165, 1.54) is 14.1 Å². The van der Waals surface area contributed by atoms with Crippen LogP contribution in [0.2, 0.25) is 0 Å². The number of Topliss-reactive ketones (excluding diaryl/α,β-unsaturated/α-hetero) is 1. The van der Waals surface area contributed by atoms with Crippen LogP contribution in [0.15, 0.2) is 0 Å². The summed E-state index contributed by atoms with van der Waals surface area (Å²) in [6.07, 6.45) is 0. The zero-order valence-electron chi connectivity index (χ0n) is 13.0. The van der Waals surface area contributed by atoms with Crippen molar-refractivity contribution in [3.8, 4) is 28.9 Å². The summed E-state index contributed by atoms with van der Waals surface area (Å²) in [7, 11) is 2.62. The molecular weight excluding hydrogens is 308 g/mol. The second-order valence-corrected chi connectivity index (χ2v) is 4.52. The minimum absolute atomic E-state index is 0.393. The number of hydrogen-bond donors (Lipinski definition) is 6. The number of nitrogens with one attached hydrogen (secondary N) is 1. The summed E-state index contributed by atoms with van der Waals surface area (Å²) >= 11 is 0. The van der Waals surface area contributed by atoms with Gasteiger partial charge >= 0.3 is 0 Å². The van der Waals surface area contributed by atoms with Gasteiger partial charge in [0.15, 0.2) is 11.5 Å². The molecule has 0 aliphatic rings. The van der Waals surface area contributed by atoms with Crippen LogP contribution in [0, 0.1) is 0 Å². The fourth-order valence-electron chi connectivity index (χ4n) is 1.89. The molecule has 0 spiro atoms. The van der Waals surface area contributed by atoms with E-state index in [9.17, 15) is 35.1 Å². The lowest BCUT2D eigenvalue weighted by Crippen LogP contribution is -2.29. The van der Waals surface area contributed by atoms with Crippen molar-refractivity contribution in [3.05, 3.63) is 5.56 Å². The molecule has 6 N–H and O–H groups in total. The fraction of sp³-hybridized carbons (Fsp3) is 0.286. The summed E-state index contributed by atoms with van der Waals surface area (Å²) < 4.78 is 0. The van der Waals surface area contributed by atoms with Crippen LogP contribution in [0.3, 0.4) is 0 Å². The number of phenolic OH excluding ortho intramolecular Hbond substituents is 4. The monoisotopic (exact) mass is 326 g/mol. The Kier molecular flexibility index (Phi) is 4.95. The summed E-state index contributed by atoms with van der Waals surface area (Å²) in [5.74, 6) is -6.88. The highest BCUT2D eigenvalue weighted by Crippen LogP contribution is 2.50. The zero-order valence-corrected chi connectivity index (χ0v) is 13.0. The Morgan fingerprint density at radius 1 is 0.870 bits per heavy atom. The number of carbonyl (C=O) groups excluding carboxylic acids is 2. The third-order valence-corrected chi connectivity index (χ3v) is 2.95. The van der Waals surface area contributed by atoms with Crippen LogP contribution in [-0.2, 0) is 4.79 Å². The van der Waals surface area contributed by atoms with E-state index in [4.69, 9.17) is 0 Å². The Labute approximate surface area is 131 Å². The van der Waals surface area contributed by atoms with Crippen molar-refractivity contribution >= 4 is 22.6 Å². The molecule has 0 fully saturated rings. The number of likely N-dealkylation sites (N-methyl/N-ethyl adjacent to an activating group) is 1. The van der Waals surface area contributed by atoms with Crippen molar-refractivity contribution in [1.29, 1.82) is 0 Å². The van der Waals surface area contributed by atoms with E-state index in [0.717, 1.165) is 4.90 Å². The second kappa shape index (κ2) is 6.34.